The number of nitrogens with two attached hydrogens (primary N) is 1. The molecule has 1 atom stereocenters. The number of hydroxylamine groups is 2. The molecular weight excluding hydrogens is 132 g/mol. The molecule has 0 aliphatic rings. The zero-order valence-corrected chi connectivity index (χ0v) is 6.83. The van der Waals surface area contributed by atoms with Gasteiger partial charge in [-0.05, 0) is 13.3 Å². The number of rotatable bonds is 5. The molecule has 0 heterocycles. The van der Waals surface area contributed by atoms with E-state index in [-0.39, 0.29) is 6.04 Å². The van der Waals surface area contributed by atoms with Crippen LogP contribution in [-0.4, -0.2) is 32.0 Å². The van der Waals surface area contributed by atoms with Crippen LogP contribution in [0, 0.1) is 0 Å². The maximum absolute atomic E-state index is 5.51. The van der Waals surface area contributed by atoms with Gasteiger partial charge in [0.05, 0.1) is 20.8 Å². The first-order valence-corrected chi connectivity index (χ1v) is 3.32. The van der Waals surface area contributed by atoms with Gasteiger partial charge in [0.15, 0.2) is 0 Å². The number of nitrogens with zero attached hydrogens (tertiary/aromatic N) is 1. The van der Waals surface area contributed by atoms with Crippen molar-refractivity contribution in [1.82, 2.24) is 5.23 Å². The van der Waals surface area contributed by atoms with Crippen molar-refractivity contribution in [3.8, 4) is 0 Å². The Bertz CT molecular complexity index is 74.1. The Balaban J connectivity index is 3.26. The van der Waals surface area contributed by atoms with Gasteiger partial charge in [0.1, 0.15) is 0 Å². The Morgan fingerprint density at radius 3 is 2.20 bits per heavy atom. The van der Waals surface area contributed by atoms with Gasteiger partial charge in [0, 0.05) is 6.04 Å². The molecule has 2 N–H and O–H groups in total. The second-order valence-corrected chi connectivity index (χ2v) is 2.19. The van der Waals surface area contributed by atoms with E-state index >= 15 is 0 Å². The highest BCUT2D eigenvalue weighted by molar-refractivity contribution is 4.51. The summed E-state index contributed by atoms with van der Waals surface area (Å²) in [7, 11) is 3.12. The molecular formula is C6H16N2O2. The molecule has 4 nitrogen and oxygen atoms in total. The van der Waals surface area contributed by atoms with E-state index in [1.165, 1.54) is 5.23 Å². The van der Waals surface area contributed by atoms with Gasteiger partial charge in [-0.15, -0.1) is 0 Å². The Hall–Kier alpha value is -0.160. The van der Waals surface area contributed by atoms with Gasteiger partial charge in [-0.1, -0.05) is 5.23 Å². The van der Waals surface area contributed by atoms with Crippen molar-refractivity contribution in [3.05, 3.63) is 0 Å². The quantitative estimate of drug-likeness (QED) is 0.564. The van der Waals surface area contributed by atoms with Crippen LogP contribution in [0.15, 0.2) is 0 Å². The van der Waals surface area contributed by atoms with Gasteiger partial charge in [-0.3, -0.25) is 9.68 Å². The fourth-order valence-corrected chi connectivity index (χ4v) is 0.566. The van der Waals surface area contributed by atoms with Crippen molar-refractivity contribution in [3.63, 3.8) is 0 Å². The third kappa shape index (κ3) is 4.69. The maximum Gasteiger partial charge on any atom is 0.0601 e. The van der Waals surface area contributed by atoms with Crippen molar-refractivity contribution >= 4 is 0 Å². The fourth-order valence-electron chi connectivity index (χ4n) is 0.566. The van der Waals surface area contributed by atoms with E-state index in [1.54, 1.807) is 14.2 Å². The largest absolute Gasteiger partial charge is 0.328 e. The van der Waals surface area contributed by atoms with E-state index in [2.05, 4.69) is 0 Å². The second-order valence-electron chi connectivity index (χ2n) is 2.19. The predicted molar refractivity (Wildman–Crippen MR) is 39.0 cm³/mol. The average molecular weight is 148 g/mol. The molecule has 62 valence electrons. The van der Waals surface area contributed by atoms with E-state index in [1.807, 2.05) is 6.92 Å². The van der Waals surface area contributed by atoms with Crippen LogP contribution in [0.3, 0.4) is 0 Å². The molecule has 0 amide bonds. The van der Waals surface area contributed by atoms with Crippen molar-refractivity contribution in [2.45, 2.75) is 19.4 Å². The summed E-state index contributed by atoms with van der Waals surface area (Å²) in [4.78, 5) is 9.61. The summed E-state index contributed by atoms with van der Waals surface area (Å²) < 4.78 is 0. The monoisotopic (exact) mass is 148 g/mol. The summed E-state index contributed by atoms with van der Waals surface area (Å²) in [6.07, 6.45) is 0.863. The lowest BCUT2D eigenvalue weighted by molar-refractivity contribution is -0.342. The SMILES string of the molecule is CON(CCC(C)N)OC. The molecule has 0 bridgehead atoms. The first-order valence-electron chi connectivity index (χ1n) is 3.32. The Kier molecular flexibility index (Phi) is 5.52. The molecule has 1 unspecified atom stereocenters. The fraction of sp³-hybridized carbons (Fsp3) is 1.00. The Labute approximate surface area is 61.8 Å². The van der Waals surface area contributed by atoms with Crippen LogP contribution in [-0.2, 0) is 9.68 Å². The first-order chi connectivity index (χ1) is 4.70. The summed E-state index contributed by atoms with van der Waals surface area (Å²) in [6, 6.07) is 0.188. The van der Waals surface area contributed by atoms with Gasteiger partial charge in [-0.25, -0.2) is 0 Å². The summed E-state index contributed by atoms with van der Waals surface area (Å²) >= 11 is 0. The summed E-state index contributed by atoms with van der Waals surface area (Å²) in [5.74, 6) is 0. The lowest BCUT2D eigenvalue weighted by atomic mass is 10.3. The van der Waals surface area contributed by atoms with E-state index in [9.17, 15) is 0 Å². The smallest absolute Gasteiger partial charge is 0.0601 e. The van der Waals surface area contributed by atoms with E-state index in [0.717, 1.165) is 6.42 Å². The normalized spacial score (nSPS) is 14.1. The average Bonchev–Trinajstić information content (AvgIpc) is 1.90. The van der Waals surface area contributed by atoms with Crippen LogP contribution in [0.2, 0.25) is 0 Å². The minimum atomic E-state index is 0.188. The van der Waals surface area contributed by atoms with Crippen molar-refractivity contribution in [2.75, 3.05) is 20.8 Å². The lowest BCUT2D eigenvalue weighted by Crippen LogP contribution is -2.27. The van der Waals surface area contributed by atoms with Crippen LogP contribution in [0.4, 0.5) is 0 Å². The molecule has 0 aromatic heterocycles. The zero-order chi connectivity index (χ0) is 7.98. The lowest BCUT2D eigenvalue weighted by Gasteiger charge is -2.16. The first kappa shape index (κ1) is 9.84. The van der Waals surface area contributed by atoms with Crippen molar-refractivity contribution in [1.29, 1.82) is 0 Å². The van der Waals surface area contributed by atoms with E-state index in [4.69, 9.17) is 15.4 Å². The summed E-state index contributed by atoms with van der Waals surface area (Å²) in [6.45, 7) is 2.65. The highest BCUT2D eigenvalue weighted by Gasteiger charge is 2.01. The van der Waals surface area contributed by atoms with Crippen molar-refractivity contribution < 1.29 is 9.68 Å². The number of hydrogen-bond acceptors (Lipinski definition) is 4. The van der Waals surface area contributed by atoms with Gasteiger partial charge >= 0.3 is 0 Å². The predicted octanol–water partition coefficient (Wildman–Crippen LogP) is 0.148. The van der Waals surface area contributed by atoms with Gasteiger partial charge in [0.2, 0.25) is 0 Å². The molecule has 0 aliphatic carbocycles. The van der Waals surface area contributed by atoms with Crippen LogP contribution < -0.4 is 5.73 Å². The molecule has 0 rings (SSSR count). The Morgan fingerprint density at radius 2 is 1.90 bits per heavy atom. The molecule has 4 heteroatoms. The third-order valence-corrected chi connectivity index (χ3v) is 1.17. The number of hydrogen-bond donors (Lipinski definition) is 1. The highest BCUT2D eigenvalue weighted by Crippen LogP contribution is 1.93. The minimum Gasteiger partial charge on any atom is -0.328 e. The molecule has 0 fully saturated rings. The summed E-state index contributed by atoms with van der Waals surface area (Å²) in [5, 5.41) is 1.39. The van der Waals surface area contributed by atoms with Crippen LogP contribution in [0.1, 0.15) is 13.3 Å². The maximum atomic E-state index is 5.51. The second kappa shape index (κ2) is 5.61. The summed E-state index contributed by atoms with van der Waals surface area (Å²) in [5.41, 5.74) is 5.51. The molecule has 0 radical (unpaired) electrons. The van der Waals surface area contributed by atoms with Gasteiger partial charge in [0.25, 0.3) is 0 Å². The highest BCUT2D eigenvalue weighted by atomic mass is 16.9. The third-order valence-electron chi connectivity index (χ3n) is 1.17. The molecule has 0 aliphatic heterocycles. The zero-order valence-electron chi connectivity index (χ0n) is 6.83. The molecule has 0 saturated heterocycles. The topological polar surface area (TPSA) is 47.7 Å². The van der Waals surface area contributed by atoms with Crippen LogP contribution in [0.5, 0.6) is 0 Å². The minimum absolute atomic E-state index is 0.188. The van der Waals surface area contributed by atoms with Gasteiger partial charge in [-0.2, -0.15) is 0 Å². The standard InChI is InChI=1S/C6H16N2O2/c1-6(7)4-5-8(9-2)10-3/h6H,4-5,7H2,1-3H3. The van der Waals surface area contributed by atoms with E-state index < -0.39 is 0 Å². The van der Waals surface area contributed by atoms with Gasteiger partial charge < -0.3 is 5.73 Å². The molecule has 0 saturated carbocycles. The van der Waals surface area contributed by atoms with Crippen LogP contribution in [0.25, 0.3) is 0 Å². The van der Waals surface area contributed by atoms with Crippen molar-refractivity contribution in [2.24, 2.45) is 5.73 Å². The van der Waals surface area contributed by atoms with E-state index in [0.29, 0.717) is 6.54 Å². The molecule has 0 spiro atoms. The molecule has 0 aromatic carbocycles. The Morgan fingerprint density at radius 1 is 1.40 bits per heavy atom. The molecule has 10 heavy (non-hydrogen) atoms. The van der Waals surface area contributed by atoms with Crippen LogP contribution >= 0.6 is 0 Å². The molecule has 0 aromatic rings.